The zero-order valence-corrected chi connectivity index (χ0v) is 26.2. The summed E-state index contributed by atoms with van der Waals surface area (Å²) in [6.07, 6.45) is 1.94. The number of benzene rings is 1. The van der Waals surface area contributed by atoms with E-state index in [1.54, 1.807) is 74.0 Å². The van der Waals surface area contributed by atoms with Gasteiger partial charge in [0.2, 0.25) is 5.91 Å². The number of nitrogens with zero attached hydrogens (tertiary/aromatic N) is 5. The molecule has 2 atom stereocenters. The van der Waals surface area contributed by atoms with E-state index in [1.807, 2.05) is 6.07 Å². The number of amides is 4. The summed E-state index contributed by atoms with van der Waals surface area (Å²) in [5, 5.41) is 6.85. The molecule has 3 aromatic rings. The number of aromatic nitrogens is 2. The van der Waals surface area contributed by atoms with Crippen molar-refractivity contribution in [2.75, 3.05) is 32.7 Å². The molecule has 45 heavy (non-hydrogen) atoms. The second kappa shape index (κ2) is 13.5. The van der Waals surface area contributed by atoms with E-state index in [4.69, 9.17) is 4.52 Å². The van der Waals surface area contributed by atoms with Crippen molar-refractivity contribution in [2.45, 2.75) is 58.5 Å². The van der Waals surface area contributed by atoms with Crippen LogP contribution in [-0.2, 0) is 11.8 Å². The lowest BCUT2D eigenvalue weighted by molar-refractivity contribution is -0.124. The molecule has 2 saturated heterocycles. The van der Waals surface area contributed by atoms with E-state index in [-0.39, 0.29) is 41.9 Å². The van der Waals surface area contributed by atoms with Gasteiger partial charge in [-0.3, -0.25) is 24.0 Å². The Morgan fingerprint density at radius 1 is 0.889 bits per heavy atom. The van der Waals surface area contributed by atoms with E-state index in [0.29, 0.717) is 62.3 Å². The van der Waals surface area contributed by atoms with Gasteiger partial charge in [0, 0.05) is 57.1 Å². The Kier molecular flexibility index (Phi) is 9.50. The van der Waals surface area contributed by atoms with Crippen LogP contribution in [0.5, 0.6) is 0 Å². The number of carbonyl (C=O) groups excluding carboxylic acids is 4. The van der Waals surface area contributed by atoms with Crippen molar-refractivity contribution in [3.05, 3.63) is 86.7 Å². The molecule has 0 unspecified atom stereocenters. The SMILES string of the molecule is Cc1cc(C(=O)N2CCCCNC(=O)[C@@H]3C[C@@H](CN3C(=O)c3c(C)cc(C)n(C)c3=O)N(C(=O)c3ccccc3)CCC2)no1. The van der Waals surface area contributed by atoms with Crippen molar-refractivity contribution in [3.63, 3.8) is 0 Å². The summed E-state index contributed by atoms with van der Waals surface area (Å²) >= 11 is 0. The number of pyridine rings is 1. The summed E-state index contributed by atoms with van der Waals surface area (Å²) in [5.74, 6) is -0.795. The molecule has 12 heteroatoms. The molecule has 5 rings (SSSR count). The van der Waals surface area contributed by atoms with Gasteiger partial charge in [-0.2, -0.15) is 0 Å². The van der Waals surface area contributed by atoms with E-state index in [2.05, 4.69) is 10.5 Å². The van der Waals surface area contributed by atoms with Gasteiger partial charge in [-0.25, -0.2) is 0 Å². The summed E-state index contributed by atoms with van der Waals surface area (Å²) in [6, 6.07) is 10.9. The maximum absolute atomic E-state index is 14.1. The molecule has 2 fully saturated rings. The maximum Gasteiger partial charge on any atom is 0.276 e. The molecule has 4 heterocycles. The van der Waals surface area contributed by atoms with Crippen LogP contribution in [0.2, 0.25) is 0 Å². The Hall–Kier alpha value is -4.74. The molecule has 12 nitrogen and oxygen atoms in total. The third-order valence-electron chi connectivity index (χ3n) is 8.76. The number of nitrogens with one attached hydrogen (secondary N) is 1. The number of aryl methyl sites for hydroxylation is 3. The van der Waals surface area contributed by atoms with Crippen molar-refractivity contribution in [2.24, 2.45) is 7.05 Å². The van der Waals surface area contributed by atoms with Crippen LogP contribution < -0.4 is 10.9 Å². The Balaban J connectivity index is 1.47. The zero-order valence-electron chi connectivity index (χ0n) is 26.2. The number of likely N-dealkylation sites (tertiary alicyclic amines) is 1. The highest BCUT2D eigenvalue weighted by molar-refractivity contribution is 5.99. The highest BCUT2D eigenvalue weighted by Gasteiger charge is 2.44. The first-order chi connectivity index (χ1) is 21.6. The molecule has 2 aliphatic heterocycles. The van der Waals surface area contributed by atoms with Gasteiger partial charge >= 0.3 is 0 Å². The molecule has 2 aliphatic rings. The molecule has 238 valence electrons. The smallest absolute Gasteiger partial charge is 0.276 e. The van der Waals surface area contributed by atoms with E-state index in [1.165, 1.54) is 9.47 Å². The first-order valence-corrected chi connectivity index (χ1v) is 15.4. The Morgan fingerprint density at radius 2 is 1.62 bits per heavy atom. The van der Waals surface area contributed by atoms with Crippen LogP contribution >= 0.6 is 0 Å². The van der Waals surface area contributed by atoms with Crippen molar-refractivity contribution in [1.82, 2.24) is 29.7 Å². The minimum atomic E-state index is -0.851. The minimum absolute atomic E-state index is 0.0256. The number of fused-ring (bicyclic) bond motifs is 2. The van der Waals surface area contributed by atoms with Crippen LogP contribution in [0.3, 0.4) is 0 Å². The fourth-order valence-corrected chi connectivity index (χ4v) is 6.22. The van der Waals surface area contributed by atoms with E-state index in [9.17, 15) is 24.0 Å². The van der Waals surface area contributed by atoms with Crippen LogP contribution in [0.25, 0.3) is 0 Å². The van der Waals surface area contributed by atoms with Crippen molar-refractivity contribution in [1.29, 1.82) is 0 Å². The van der Waals surface area contributed by atoms with Gasteiger partial charge in [0.1, 0.15) is 17.4 Å². The van der Waals surface area contributed by atoms with Gasteiger partial charge in [-0.05, 0) is 70.2 Å². The zero-order chi connectivity index (χ0) is 32.2. The fourth-order valence-electron chi connectivity index (χ4n) is 6.22. The number of hydrogen-bond donors (Lipinski definition) is 1. The molecular formula is C33H40N6O6. The van der Waals surface area contributed by atoms with Crippen molar-refractivity contribution >= 4 is 23.6 Å². The number of hydrogen-bond acceptors (Lipinski definition) is 7. The molecule has 1 aromatic carbocycles. The predicted molar refractivity (Wildman–Crippen MR) is 166 cm³/mol. The lowest BCUT2D eigenvalue weighted by Gasteiger charge is -2.30. The average molecular weight is 617 g/mol. The second-order valence-corrected chi connectivity index (χ2v) is 11.9. The number of rotatable bonds is 3. The van der Waals surface area contributed by atoms with Gasteiger partial charge in [-0.15, -0.1) is 0 Å². The first-order valence-electron chi connectivity index (χ1n) is 15.4. The molecule has 4 amide bonds. The molecule has 1 N–H and O–H groups in total. The Morgan fingerprint density at radius 3 is 2.33 bits per heavy atom. The summed E-state index contributed by atoms with van der Waals surface area (Å²) in [5.41, 5.74) is 1.58. The summed E-state index contributed by atoms with van der Waals surface area (Å²) in [7, 11) is 1.62. The van der Waals surface area contributed by atoms with Crippen molar-refractivity contribution < 1.29 is 23.7 Å². The van der Waals surface area contributed by atoms with Gasteiger partial charge in [-0.1, -0.05) is 23.4 Å². The molecule has 0 spiro atoms. The largest absolute Gasteiger partial charge is 0.361 e. The normalized spacial score (nSPS) is 19.6. The maximum atomic E-state index is 14.1. The Bertz CT molecular complexity index is 1650. The van der Waals surface area contributed by atoms with E-state index < -0.39 is 23.6 Å². The van der Waals surface area contributed by atoms with Crippen LogP contribution in [0.4, 0.5) is 0 Å². The lowest BCUT2D eigenvalue weighted by Crippen LogP contribution is -2.48. The fraction of sp³-hybridized carbons (Fsp3) is 0.455. The third-order valence-corrected chi connectivity index (χ3v) is 8.76. The van der Waals surface area contributed by atoms with E-state index >= 15 is 0 Å². The van der Waals surface area contributed by atoms with E-state index in [0.717, 1.165) is 5.69 Å². The topological polar surface area (TPSA) is 138 Å². The highest BCUT2D eigenvalue weighted by atomic mass is 16.5. The quantitative estimate of drug-likeness (QED) is 0.477. The monoisotopic (exact) mass is 616 g/mol. The highest BCUT2D eigenvalue weighted by Crippen LogP contribution is 2.27. The van der Waals surface area contributed by atoms with Crippen LogP contribution in [0, 0.1) is 20.8 Å². The second-order valence-electron chi connectivity index (χ2n) is 11.9. The average Bonchev–Trinajstić information content (AvgIpc) is 3.67. The molecular weight excluding hydrogens is 576 g/mol. The predicted octanol–water partition coefficient (Wildman–Crippen LogP) is 2.47. The van der Waals surface area contributed by atoms with Crippen molar-refractivity contribution in [3.8, 4) is 0 Å². The van der Waals surface area contributed by atoms with Crippen LogP contribution in [-0.4, -0.2) is 92.9 Å². The standard InChI is InChI=1S/C33H40N6O6/c1-21-17-22(2)36(4)32(43)28(21)33(44)39-20-25-19-27(39)29(40)34-13-8-9-14-37(31(42)26-18-23(3)45-35-26)15-10-16-38(25)30(41)24-11-6-5-7-12-24/h5-7,11-12,17-18,25,27H,8-10,13-16,19-20H2,1-4H3,(H,34,40)/t25-,27-/m0/s1. The Labute approximate surface area is 261 Å². The molecule has 0 aliphatic carbocycles. The van der Waals surface area contributed by atoms with Gasteiger partial charge in [0.05, 0.1) is 6.04 Å². The van der Waals surface area contributed by atoms with Gasteiger partial charge in [0.25, 0.3) is 23.3 Å². The number of carbonyl (C=O) groups is 4. The molecule has 2 bridgehead atoms. The minimum Gasteiger partial charge on any atom is -0.361 e. The van der Waals surface area contributed by atoms with Crippen LogP contribution in [0.15, 0.2) is 51.8 Å². The summed E-state index contributed by atoms with van der Waals surface area (Å²) < 4.78 is 6.55. The summed E-state index contributed by atoms with van der Waals surface area (Å²) in [4.78, 5) is 73.0. The van der Waals surface area contributed by atoms with Gasteiger partial charge < -0.3 is 29.1 Å². The molecule has 0 radical (unpaired) electrons. The summed E-state index contributed by atoms with van der Waals surface area (Å²) in [6.45, 7) is 6.81. The first kappa shape index (κ1) is 31.7. The van der Waals surface area contributed by atoms with Crippen LogP contribution in [0.1, 0.15) is 73.9 Å². The third kappa shape index (κ3) is 6.69. The lowest BCUT2D eigenvalue weighted by atomic mass is 10.1. The molecule has 0 saturated carbocycles. The van der Waals surface area contributed by atoms with Gasteiger partial charge in [0.15, 0.2) is 5.69 Å². The molecule has 2 aromatic heterocycles.